The normalized spacial score (nSPS) is 20.4. The minimum Gasteiger partial charge on any atom is -0.443 e. The van der Waals surface area contributed by atoms with E-state index < -0.39 is 11.7 Å². The lowest BCUT2D eigenvalue weighted by Crippen LogP contribution is -2.51. The van der Waals surface area contributed by atoms with Crippen LogP contribution in [0.2, 0.25) is 0 Å². The van der Waals surface area contributed by atoms with Gasteiger partial charge < -0.3 is 15.4 Å². The molecule has 2 amide bonds. The predicted octanol–water partition coefficient (Wildman–Crippen LogP) is 0.558. The summed E-state index contributed by atoms with van der Waals surface area (Å²) in [6.07, 6.45) is 0.265. The molecule has 0 aromatic heterocycles. The van der Waals surface area contributed by atoms with Gasteiger partial charge in [-0.1, -0.05) is 0 Å². The minimum atomic E-state index is -0.557. The molecule has 0 aliphatic carbocycles. The highest BCUT2D eigenvalue weighted by Crippen LogP contribution is 2.22. The van der Waals surface area contributed by atoms with Crippen molar-refractivity contribution < 1.29 is 14.3 Å². The van der Waals surface area contributed by atoms with Gasteiger partial charge in [-0.15, -0.1) is 0 Å². The quantitative estimate of drug-likeness (QED) is 0.661. The second kappa shape index (κ2) is 4.61. The maximum Gasteiger partial charge on any atom is 0.415 e. The van der Waals surface area contributed by atoms with Gasteiger partial charge in [0.2, 0.25) is 5.91 Å². The van der Waals surface area contributed by atoms with Crippen LogP contribution >= 0.6 is 0 Å². The maximum atomic E-state index is 12.1. The molecule has 0 spiro atoms. The van der Waals surface area contributed by atoms with Gasteiger partial charge >= 0.3 is 6.09 Å². The summed E-state index contributed by atoms with van der Waals surface area (Å²) in [5.74, 6) is -0.177. The number of rotatable bonds is 0. The average Bonchev–Trinajstić information content (AvgIpc) is 2.25. The smallest absolute Gasteiger partial charge is 0.415 e. The van der Waals surface area contributed by atoms with Crippen molar-refractivity contribution in [2.75, 3.05) is 19.6 Å². The van der Waals surface area contributed by atoms with Crippen LogP contribution in [0.25, 0.3) is 0 Å². The highest BCUT2D eigenvalue weighted by molar-refractivity contribution is 5.86. The van der Waals surface area contributed by atoms with E-state index >= 15 is 0 Å². The molecule has 2 aliphatic rings. The van der Waals surface area contributed by atoms with Crippen molar-refractivity contribution in [2.45, 2.75) is 32.8 Å². The molecule has 0 saturated carbocycles. The van der Waals surface area contributed by atoms with Crippen LogP contribution < -0.4 is 10.6 Å². The summed E-state index contributed by atoms with van der Waals surface area (Å²) in [6, 6.07) is 0. The Morgan fingerprint density at radius 1 is 1.39 bits per heavy atom. The van der Waals surface area contributed by atoms with Gasteiger partial charge in [0, 0.05) is 25.2 Å². The Balaban J connectivity index is 2.20. The zero-order valence-corrected chi connectivity index (χ0v) is 11.0. The number of nitrogens with one attached hydrogen (secondary N) is 2. The van der Waals surface area contributed by atoms with Crippen molar-refractivity contribution >= 4 is 12.0 Å². The summed E-state index contributed by atoms with van der Waals surface area (Å²) in [5.41, 5.74) is 1.09. The molecule has 0 radical (unpaired) electrons. The topological polar surface area (TPSA) is 70.7 Å². The molecule has 2 N–H and O–H groups in total. The molecule has 0 saturated heterocycles. The molecule has 6 nitrogen and oxygen atoms in total. The van der Waals surface area contributed by atoms with Gasteiger partial charge in [-0.3, -0.25) is 9.69 Å². The van der Waals surface area contributed by atoms with Crippen LogP contribution in [0.1, 0.15) is 27.2 Å². The molecule has 2 rings (SSSR count). The standard InChI is InChI=1S/C12H19N3O3/c1-12(2,3)18-11(17)15-7-10(16)14-8-6-13-5-4-9(8)15/h13H,4-7H2,1-3H3,(H,14,16). The Morgan fingerprint density at radius 2 is 2.11 bits per heavy atom. The maximum absolute atomic E-state index is 12.1. The second-order valence-electron chi connectivity index (χ2n) is 5.47. The van der Waals surface area contributed by atoms with E-state index in [0.717, 1.165) is 24.4 Å². The number of nitrogens with zero attached hydrogens (tertiary/aromatic N) is 1. The molecule has 0 atom stereocenters. The molecule has 0 unspecified atom stereocenters. The van der Waals surface area contributed by atoms with Crippen molar-refractivity contribution in [3.05, 3.63) is 11.4 Å². The van der Waals surface area contributed by atoms with Crippen LogP contribution in [0.15, 0.2) is 11.4 Å². The number of hydrogen-bond donors (Lipinski definition) is 2. The van der Waals surface area contributed by atoms with Crippen LogP contribution in [0.4, 0.5) is 4.79 Å². The zero-order valence-electron chi connectivity index (χ0n) is 11.0. The molecule has 0 bridgehead atoms. The second-order valence-corrected chi connectivity index (χ2v) is 5.47. The van der Waals surface area contributed by atoms with E-state index in [0.29, 0.717) is 6.54 Å². The molecule has 100 valence electrons. The van der Waals surface area contributed by atoms with Gasteiger partial charge in [0.25, 0.3) is 0 Å². The average molecular weight is 253 g/mol. The Labute approximate surface area is 106 Å². The Morgan fingerprint density at radius 3 is 2.78 bits per heavy atom. The van der Waals surface area contributed by atoms with Crippen molar-refractivity contribution in [1.82, 2.24) is 15.5 Å². The third kappa shape index (κ3) is 2.81. The summed E-state index contributed by atoms with van der Waals surface area (Å²) in [6.45, 7) is 6.86. The molecular formula is C12H19N3O3. The summed E-state index contributed by atoms with van der Waals surface area (Å²) in [4.78, 5) is 25.1. The first-order valence-electron chi connectivity index (χ1n) is 6.10. The van der Waals surface area contributed by atoms with Gasteiger partial charge in [0.15, 0.2) is 0 Å². The summed E-state index contributed by atoms with van der Waals surface area (Å²) in [7, 11) is 0. The Bertz CT molecular complexity index is 409. The first kappa shape index (κ1) is 12.9. The van der Waals surface area contributed by atoms with Crippen LogP contribution in [-0.2, 0) is 9.53 Å². The van der Waals surface area contributed by atoms with Gasteiger partial charge in [-0.05, 0) is 20.8 Å². The van der Waals surface area contributed by atoms with Crippen molar-refractivity contribution in [3.8, 4) is 0 Å². The molecule has 0 aromatic rings. The molecule has 0 aromatic carbocycles. The van der Waals surface area contributed by atoms with E-state index in [4.69, 9.17) is 4.74 Å². The largest absolute Gasteiger partial charge is 0.443 e. The van der Waals surface area contributed by atoms with Crippen LogP contribution in [0.3, 0.4) is 0 Å². The highest BCUT2D eigenvalue weighted by atomic mass is 16.6. The van der Waals surface area contributed by atoms with Crippen LogP contribution in [0, 0.1) is 0 Å². The van der Waals surface area contributed by atoms with E-state index in [1.54, 1.807) is 0 Å². The molecule has 0 fully saturated rings. The molecule has 6 heteroatoms. The molecule has 2 aliphatic heterocycles. The van der Waals surface area contributed by atoms with Crippen LogP contribution in [0.5, 0.6) is 0 Å². The number of carbonyl (C=O) groups excluding carboxylic acids is 2. The monoisotopic (exact) mass is 253 g/mol. The fourth-order valence-corrected chi connectivity index (χ4v) is 2.03. The van der Waals surface area contributed by atoms with Crippen molar-refractivity contribution in [3.63, 3.8) is 0 Å². The fourth-order valence-electron chi connectivity index (χ4n) is 2.03. The molecule has 2 heterocycles. The van der Waals surface area contributed by atoms with E-state index in [1.807, 2.05) is 20.8 Å². The Kier molecular flexibility index (Phi) is 3.30. The van der Waals surface area contributed by atoms with E-state index in [1.165, 1.54) is 4.90 Å². The van der Waals surface area contributed by atoms with Crippen LogP contribution in [-0.4, -0.2) is 42.1 Å². The summed E-state index contributed by atoms with van der Waals surface area (Å²) < 4.78 is 5.33. The molecule has 18 heavy (non-hydrogen) atoms. The number of ether oxygens (including phenoxy) is 1. The fraction of sp³-hybridized carbons (Fsp3) is 0.667. The Hall–Kier alpha value is -1.56. The third-order valence-corrected chi connectivity index (χ3v) is 2.72. The first-order chi connectivity index (χ1) is 8.37. The van der Waals surface area contributed by atoms with Gasteiger partial charge in [0.05, 0.1) is 5.70 Å². The van der Waals surface area contributed by atoms with Crippen molar-refractivity contribution in [2.24, 2.45) is 0 Å². The zero-order chi connectivity index (χ0) is 13.3. The number of amides is 2. The molecular weight excluding hydrogens is 234 g/mol. The van der Waals surface area contributed by atoms with Gasteiger partial charge in [-0.25, -0.2) is 4.79 Å². The van der Waals surface area contributed by atoms with E-state index in [9.17, 15) is 9.59 Å². The van der Waals surface area contributed by atoms with Gasteiger partial charge in [-0.2, -0.15) is 0 Å². The highest BCUT2D eigenvalue weighted by Gasteiger charge is 2.33. The van der Waals surface area contributed by atoms with Crippen molar-refractivity contribution in [1.29, 1.82) is 0 Å². The lowest BCUT2D eigenvalue weighted by molar-refractivity contribution is -0.122. The SMILES string of the molecule is CC(C)(C)OC(=O)N1CC(=O)NC2=C1CCNC2. The van der Waals surface area contributed by atoms with E-state index in [2.05, 4.69) is 10.6 Å². The third-order valence-electron chi connectivity index (χ3n) is 2.72. The lowest BCUT2D eigenvalue weighted by Gasteiger charge is -2.35. The minimum absolute atomic E-state index is 0.0355. The lowest BCUT2D eigenvalue weighted by atomic mass is 10.1. The summed E-state index contributed by atoms with van der Waals surface area (Å²) >= 11 is 0. The number of carbonyl (C=O) groups is 2. The van der Waals surface area contributed by atoms with Gasteiger partial charge in [0.1, 0.15) is 12.1 Å². The van der Waals surface area contributed by atoms with E-state index in [-0.39, 0.29) is 12.5 Å². The summed E-state index contributed by atoms with van der Waals surface area (Å²) in [5, 5.41) is 5.96. The number of hydrogen-bond acceptors (Lipinski definition) is 4. The first-order valence-corrected chi connectivity index (χ1v) is 6.10. The predicted molar refractivity (Wildman–Crippen MR) is 65.6 cm³/mol.